The third-order valence-corrected chi connectivity index (χ3v) is 7.48. The molecule has 2 aliphatic heterocycles. The average molecular weight is 550 g/mol. The summed E-state index contributed by atoms with van der Waals surface area (Å²) in [5, 5.41) is 3.19. The molecule has 0 aromatic heterocycles. The summed E-state index contributed by atoms with van der Waals surface area (Å²) in [4.78, 5) is 43.6. The zero-order chi connectivity index (χ0) is 26.8. The van der Waals surface area contributed by atoms with Crippen LogP contribution in [0.1, 0.15) is 21.5 Å². The molecule has 0 bridgehead atoms. The summed E-state index contributed by atoms with van der Waals surface area (Å²) in [5.74, 6) is -1.29. The Morgan fingerprint density at radius 3 is 2.37 bits per heavy atom. The highest BCUT2D eigenvalue weighted by Crippen LogP contribution is 2.32. The molecule has 194 valence electrons. The van der Waals surface area contributed by atoms with E-state index in [2.05, 4.69) is 17.4 Å². The molecule has 1 saturated heterocycles. The number of quaternary nitrogens is 1. The number of nitrogens with zero attached hydrogens (tertiary/aromatic N) is 2. The van der Waals surface area contributed by atoms with Gasteiger partial charge in [-0.05, 0) is 42.8 Å². The van der Waals surface area contributed by atoms with Crippen molar-refractivity contribution < 1.29 is 19.3 Å². The second-order valence-electron chi connectivity index (χ2n) is 9.47. The monoisotopic (exact) mass is 549 g/mol. The minimum Gasteiger partial charge on any atom is -0.349 e. The third-order valence-electron chi connectivity index (χ3n) is 6.89. The maximum Gasteiger partial charge on any atom is 0.283 e. The van der Waals surface area contributed by atoms with Gasteiger partial charge in [0.1, 0.15) is 17.3 Å². The molecule has 1 fully saturated rings. The molecule has 3 aromatic rings. The van der Waals surface area contributed by atoms with Gasteiger partial charge in [0.05, 0.1) is 31.9 Å². The maximum absolute atomic E-state index is 13.3. The molecular formula is C29H27Cl2N4O3+. The minimum absolute atomic E-state index is 0.0394. The van der Waals surface area contributed by atoms with Gasteiger partial charge in [-0.15, -0.1) is 0 Å². The first-order valence-electron chi connectivity index (χ1n) is 12.4. The van der Waals surface area contributed by atoms with Crippen LogP contribution in [0.25, 0.3) is 0 Å². The van der Waals surface area contributed by atoms with Gasteiger partial charge in [0.2, 0.25) is 0 Å². The van der Waals surface area contributed by atoms with Gasteiger partial charge in [0.15, 0.2) is 0 Å². The molecule has 7 nitrogen and oxygen atoms in total. The Labute approximate surface area is 231 Å². The summed E-state index contributed by atoms with van der Waals surface area (Å²) < 4.78 is 0. The topological polar surface area (TPSA) is 74.2 Å². The van der Waals surface area contributed by atoms with E-state index in [-0.39, 0.29) is 16.6 Å². The molecule has 0 radical (unpaired) electrons. The van der Waals surface area contributed by atoms with Crippen molar-refractivity contribution in [2.24, 2.45) is 0 Å². The number of anilines is 2. The number of halogens is 2. The van der Waals surface area contributed by atoms with E-state index in [0.29, 0.717) is 35.1 Å². The fourth-order valence-electron chi connectivity index (χ4n) is 4.76. The molecule has 3 amide bonds. The van der Waals surface area contributed by atoms with Crippen molar-refractivity contribution in [3.8, 4) is 0 Å². The molecule has 3 aromatic carbocycles. The first-order valence-corrected chi connectivity index (χ1v) is 13.2. The van der Waals surface area contributed by atoms with Gasteiger partial charge in [-0.25, -0.2) is 4.90 Å². The maximum atomic E-state index is 13.3. The lowest BCUT2D eigenvalue weighted by Gasteiger charge is -2.32. The number of carbonyl (C=O) groups excluding carboxylic acids is 3. The zero-order valence-corrected chi connectivity index (χ0v) is 22.4. The number of imide groups is 1. The van der Waals surface area contributed by atoms with Crippen LogP contribution in [0.3, 0.4) is 0 Å². The number of nitrogens with one attached hydrogen (secondary N) is 2. The van der Waals surface area contributed by atoms with E-state index in [0.717, 1.165) is 30.1 Å². The highest BCUT2D eigenvalue weighted by atomic mass is 35.5. The van der Waals surface area contributed by atoms with Crippen molar-refractivity contribution in [2.75, 3.05) is 36.4 Å². The van der Waals surface area contributed by atoms with Gasteiger partial charge in [-0.3, -0.25) is 14.4 Å². The van der Waals surface area contributed by atoms with E-state index in [1.54, 1.807) is 30.3 Å². The quantitative estimate of drug-likeness (QED) is 0.460. The Bertz CT molecular complexity index is 1430. The van der Waals surface area contributed by atoms with Crippen molar-refractivity contribution in [3.63, 3.8) is 0 Å². The van der Waals surface area contributed by atoms with Crippen LogP contribution in [0, 0.1) is 6.92 Å². The molecule has 5 rings (SSSR count). The number of aryl methyl sites for hydroxylation is 1. The molecule has 0 aliphatic carbocycles. The van der Waals surface area contributed by atoms with Crippen molar-refractivity contribution in [1.29, 1.82) is 0 Å². The van der Waals surface area contributed by atoms with Gasteiger partial charge in [-0.2, -0.15) is 0 Å². The van der Waals surface area contributed by atoms with Crippen LogP contribution < -0.4 is 15.1 Å². The first kappa shape index (κ1) is 26.0. The number of benzene rings is 3. The van der Waals surface area contributed by atoms with Crippen LogP contribution in [0.15, 0.2) is 83.5 Å². The predicted molar refractivity (Wildman–Crippen MR) is 148 cm³/mol. The predicted octanol–water partition coefficient (Wildman–Crippen LogP) is 3.63. The van der Waals surface area contributed by atoms with E-state index in [1.165, 1.54) is 16.5 Å². The second-order valence-corrected chi connectivity index (χ2v) is 10.3. The molecule has 2 N–H and O–H groups in total. The molecule has 38 heavy (non-hydrogen) atoms. The van der Waals surface area contributed by atoms with E-state index in [4.69, 9.17) is 23.2 Å². The summed E-state index contributed by atoms with van der Waals surface area (Å²) in [6, 6.07) is 22.1. The zero-order valence-electron chi connectivity index (χ0n) is 20.8. The molecule has 2 heterocycles. The molecule has 0 saturated carbocycles. The lowest BCUT2D eigenvalue weighted by molar-refractivity contribution is -0.917. The van der Waals surface area contributed by atoms with Crippen LogP contribution in [-0.4, -0.2) is 48.8 Å². The Morgan fingerprint density at radius 2 is 1.66 bits per heavy atom. The minimum atomic E-state index is -0.637. The van der Waals surface area contributed by atoms with Crippen LogP contribution >= 0.6 is 23.2 Å². The van der Waals surface area contributed by atoms with E-state index < -0.39 is 11.8 Å². The number of hydrogen-bond acceptors (Lipinski definition) is 4. The summed E-state index contributed by atoms with van der Waals surface area (Å²) in [6.45, 7) is 5.86. The first-order chi connectivity index (χ1) is 18.3. The highest BCUT2D eigenvalue weighted by Gasteiger charge is 2.39. The van der Waals surface area contributed by atoms with Crippen molar-refractivity contribution in [1.82, 2.24) is 4.90 Å². The Balaban J connectivity index is 1.28. The Morgan fingerprint density at radius 1 is 0.921 bits per heavy atom. The molecule has 0 unspecified atom stereocenters. The van der Waals surface area contributed by atoms with Crippen LogP contribution in [0.4, 0.5) is 11.4 Å². The molecule has 0 spiro atoms. The van der Waals surface area contributed by atoms with Crippen molar-refractivity contribution in [2.45, 2.75) is 13.5 Å². The third kappa shape index (κ3) is 5.31. The SMILES string of the molecule is Cc1ccc(C(=O)N2CC[NH+](Cc3ccccc3)CC2)cc1NC1=C(Cl)C(=O)N(c2cccc(Cl)c2)C1=O. The van der Waals surface area contributed by atoms with Crippen molar-refractivity contribution in [3.05, 3.63) is 105 Å². The van der Waals surface area contributed by atoms with Crippen molar-refractivity contribution >= 4 is 52.3 Å². The van der Waals surface area contributed by atoms with Gasteiger partial charge >= 0.3 is 0 Å². The van der Waals surface area contributed by atoms with E-state index >= 15 is 0 Å². The number of piperazine rings is 1. The standard InChI is InChI=1S/C29H26Cl2N4O3/c1-19-10-11-21(27(36)34-14-12-33(13-15-34)18-20-6-3-2-4-7-20)16-24(19)32-26-25(31)28(37)35(29(26)38)23-9-5-8-22(30)17-23/h2-11,16-17,32H,12-15,18H2,1H3/p+1. The summed E-state index contributed by atoms with van der Waals surface area (Å²) in [5.41, 5.74) is 3.42. The summed E-state index contributed by atoms with van der Waals surface area (Å²) >= 11 is 12.3. The van der Waals surface area contributed by atoms with Gasteiger partial charge in [0.25, 0.3) is 17.7 Å². The van der Waals surface area contributed by atoms with Crippen LogP contribution in [-0.2, 0) is 16.1 Å². The fourth-order valence-corrected chi connectivity index (χ4v) is 5.15. The summed E-state index contributed by atoms with van der Waals surface area (Å²) in [7, 11) is 0. The normalized spacial score (nSPS) is 16.4. The van der Waals surface area contributed by atoms with Crippen LogP contribution in [0.2, 0.25) is 5.02 Å². The van der Waals surface area contributed by atoms with E-state index in [1.807, 2.05) is 36.1 Å². The summed E-state index contributed by atoms with van der Waals surface area (Å²) in [6.07, 6.45) is 0. The van der Waals surface area contributed by atoms with Gasteiger partial charge in [-0.1, -0.05) is 65.7 Å². The molecule has 2 aliphatic rings. The van der Waals surface area contributed by atoms with E-state index in [9.17, 15) is 14.4 Å². The number of carbonyl (C=O) groups is 3. The average Bonchev–Trinajstić information content (AvgIpc) is 3.13. The van der Waals surface area contributed by atoms with Gasteiger partial charge < -0.3 is 15.1 Å². The molecule has 0 atom stereocenters. The largest absolute Gasteiger partial charge is 0.349 e. The highest BCUT2D eigenvalue weighted by molar-refractivity contribution is 6.53. The second kappa shape index (κ2) is 11.0. The molecule has 9 heteroatoms. The fraction of sp³-hybridized carbons (Fsp3) is 0.207. The smallest absolute Gasteiger partial charge is 0.283 e. The number of rotatable bonds is 6. The molecular weight excluding hydrogens is 523 g/mol. The number of amides is 3. The lowest BCUT2D eigenvalue weighted by atomic mass is 10.1. The lowest BCUT2D eigenvalue weighted by Crippen LogP contribution is -3.13. The van der Waals surface area contributed by atoms with Crippen LogP contribution in [0.5, 0.6) is 0 Å². The number of hydrogen-bond donors (Lipinski definition) is 2. The Kier molecular flexibility index (Phi) is 7.51. The Hall–Kier alpha value is -3.65. The van der Waals surface area contributed by atoms with Gasteiger partial charge in [0, 0.05) is 21.8 Å².